The summed E-state index contributed by atoms with van der Waals surface area (Å²) in [5.41, 5.74) is 0.543. The largest absolute Gasteiger partial charge is 0.315 e. The monoisotopic (exact) mass is 210 g/mol. The molecular weight excluding hydrogens is 184 g/mol. The fourth-order valence-electron chi connectivity index (χ4n) is 3.07. The molecular formula is C13H26N2. The summed E-state index contributed by atoms with van der Waals surface area (Å²) < 4.78 is 0. The summed E-state index contributed by atoms with van der Waals surface area (Å²) in [7, 11) is 4.45. The highest BCUT2D eigenvalue weighted by Gasteiger charge is 2.40. The standard InChI is InChI=1S/C13H26N2/c1-13(2)8-7-11(14-3)12(9-13)15(4)10-5-6-10/h10-12,14H,5-9H2,1-4H3. The van der Waals surface area contributed by atoms with E-state index in [0.29, 0.717) is 11.5 Å². The van der Waals surface area contributed by atoms with Crippen LogP contribution in [0.15, 0.2) is 0 Å². The van der Waals surface area contributed by atoms with Crippen LogP contribution in [0.2, 0.25) is 0 Å². The molecule has 0 aromatic rings. The molecule has 2 fully saturated rings. The lowest BCUT2D eigenvalue weighted by molar-refractivity contribution is 0.0801. The summed E-state index contributed by atoms with van der Waals surface area (Å²) in [6, 6.07) is 2.36. The Morgan fingerprint density at radius 1 is 1.20 bits per heavy atom. The normalized spacial score (nSPS) is 35.8. The van der Waals surface area contributed by atoms with Crippen molar-refractivity contribution in [3.8, 4) is 0 Å². The molecule has 0 heterocycles. The zero-order valence-corrected chi connectivity index (χ0v) is 10.7. The molecule has 2 saturated carbocycles. The maximum absolute atomic E-state index is 3.51. The lowest BCUT2D eigenvalue weighted by Crippen LogP contribution is -2.53. The molecule has 0 bridgehead atoms. The van der Waals surface area contributed by atoms with Crippen LogP contribution in [0.1, 0.15) is 46.0 Å². The number of hydrogen-bond acceptors (Lipinski definition) is 2. The van der Waals surface area contributed by atoms with Gasteiger partial charge in [0.1, 0.15) is 0 Å². The van der Waals surface area contributed by atoms with Gasteiger partial charge >= 0.3 is 0 Å². The van der Waals surface area contributed by atoms with Crippen molar-refractivity contribution in [2.75, 3.05) is 14.1 Å². The third-order valence-electron chi connectivity index (χ3n) is 4.38. The van der Waals surface area contributed by atoms with Gasteiger partial charge in [-0.25, -0.2) is 0 Å². The van der Waals surface area contributed by atoms with Crippen LogP contribution < -0.4 is 5.32 Å². The second-order valence-electron chi connectivity index (χ2n) is 6.27. The molecule has 2 aliphatic rings. The molecule has 0 spiro atoms. The predicted molar refractivity (Wildman–Crippen MR) is 65.1 cm³/mol. The lowest BCUT2D eigenvalue weighted by Gasteiger charge is -2.45. The molecule has 2 rings (SSSR count). The molecule has 2 unspecified atom stereocenters. The van der Waals surface area contributed by atoms with Crippen molar-refractivity contribution in [1.82, 2.24) is 10.2 Å². The Morgan fingerprint density at radius 2 is 1.87 bits per heavy atom. The zero-order valence-electron chi connectivity index (χ0n) is 10.7. The summed E-state index contributed by atoms with van der Waals surface area (Å²) in [6.07, 6.45) is 6.90. The van der Waals surface area contributed by atoms with Crippen LogP contribution in [0, 0.1) is 5.41 Å². The average molecular weight is 210 g/mol. The van der Waals surface area contributed by atoms with Crippen molar-refractivity contribution in [2.24, 2.45) is 5.41 Å². The Hall–Kier alpha value is -0.0800. The Balaban J connectivity index is 2.02. The van der Waals surface area contributed by atoms with Crippen LogP contribution in [0.5, 0.6) is 0 Å². The molecule has 2 heteroatoms. The van der Waals surface area contributed by atoms with Crippen LogP contribution in [-0.2, 0) is 0 Å². The zero-order chi connectivity index (χ0) is 11.1. The van der Waals surface area contributed by atoms with Gasteiger partial charge in [0.25, 0.3) is 0 Å². The van der Waals surface area contributed by atoms with Crippen LogP contribution >= 0.6 is 0 Å². The predicted octanol–water partition coefficient (Wildman–Crippen LogP) is 2.25. The molecule has 0 radical (unpaired) electrons. The summed E-state index contributed by atoms with van der Waals surface area (Å²) in [5.74, 6) is 0. The fraction of sp³-hybridized carbons (Fsp3) is 1.00. The van der Waals surface area contributed by atoms with E-state index >= 15 is 0 Å². The highest BCUT2D eigenvalue weighted by Crippen LogP contribution is 2.40. The van der Waals surface area contributed by atoms with E-state index in [4.69, 9.17) is 0 Å². The van der Waals surface area contributed by atoms with Gasteiger partial charge in [0.05, 0.1) is 0 Å². The van der Waals surface area contributed by atoms with E-state index in [2.05, 4.69) is 38.2 Å². The highest BCUT2D eigenvalue weighted by molar-refractivity contribution is 4.97. The van der Waals surface area contributed by atoms with E-state index in [1.807, 2.05) is 0 Å². The summed E-state index contributed by atoms with van der Waals surface area (Å²) >= 11 is 0. The summed E-state index contributed by atoms with van der Waals surface area (Å²) in [6.45, 7) is 4.85. The highest BCUT2D eigenvalue weighted by atomic mass is 15.2. The minimum atomic E-state index is 0.543. The number of likely N-dealkylation sites (N-methyl/N-ethyl adjacent to an activating group) is 2. The smallest absolute Gasteiger partial charge is 0.0254 e. The maximum atomic E-state index is 3.51. The number of hydrogen-bond donors (Lipinski definition) is 1. The summed E-state index contributed by atoms with van der Waals surface area (Å²) in [5, 5.41) is 3.51. The van der Waals surface area contributed by atoms with Crippen molar-refractivity contribution in [3.63, 3.8) is 0 Å². The quantitative estimate of drug-likeness (QED) is 0.768. The third-order valence-corrected chi connectivity index (χ3v) is 4.38. The number of nitrogens with one attached hydrogen (secondary N) is 1. The van der Waals surface area contributed by atoms with E-state index in [9.17, 15) is 0 Å². The van der Waals surface area contributed by atoms with E-state index < -0.39 is 0 Å². The average Bonchev–Trinajstić information content (AvgIpc) is 2.98. The first-order chi connectivity index (χ1) is 7.03. The van der Waals surface area contributed by atoms with E-state index in [-0.39, 0.29) is 0 Å². The van der Waals surface area contributed by atoms with Gasteiger partial charge in [-0.15, -0.1) is 0 Å². The van der Waals surface area contributed by atoms with Gasteiger partial charge in [-0.05, 0) is 51.6 Å². The molecule has 15 heavy (non-hydrogen) atoms. The van der Waals surface area contributed by atoms with E-state index in [1.54, 1.807) is 0 Å². The first kappa shape index (κ1) is 11.4. The van der Waals surface area contributed by atoms with Crippen molar-refractivity contribution >= 4 is 0 Å². The molecule has 2 nitrogen and oxygen atoms in total. The van der Waals surface area contributed by atoms with Gasteiger partial charge in [0.2, 0.25) is 0 Å². The minimum Gasteiger partial charge on any atom is -0.315 e. The first-order valence-electron chi connectivity index (χ1n) is 6.43. The van der Waals surface area contributed by atoms with E-state index in [0.717, 1.165) is 12.1 Å². The molecule has 0 aromatic carbocycles. The number of rotatable bonds is 3. The van der Waals surface area contributed by atoms with Crippen LogP contribution in [-0.4, -0.2) is 37.1 Å². The fourth-order valence-corrected chi connectivity index (χ4v) is 3.07. The van der Waals surface area contributed by atoms with Crippen LogP contribution in [0.3, 0.4) is 0 Å². The second-order valence-corrected chi connectivity index (χ2v) is 6.27. The van der Waals surface area contributed by atoms with Crippen molar-refractivity contribution in [3.05, 3.63) is 0 Å². The molecule has 0 amide bonds. The topological polar surface area (TPSA) is 15.3 Å². The van der Waals surface area contributed by atoms with Gasteiger partial charge < -0.3 is 5.32 Å². The van der Waals surface area contributed by atoms with Crippen molar-refractivity contribution in [2.45, 2.75) is 64.1 Å². The summed E-state index contributed by atoms with van der Waals surface area (Å²) in [4.78, 5) is 2.64. The van der Waals surface area contributed by atoms with Gasteiger partial charge in [-0.3, -0.25) is 4.90 Å². The lowest BCUT2D eigenvalue weighted by atomic mass is 9.72. The van der Waals surface area contributed by atoms with Gasteiger partial charge in [-0.2, -0.15) is 0 Å². The Bertz CT molecular complexity index is 219. The third kappa shape index (κ3) is 2.54. The number of nitrogens with zero attached hydrogens (tertiary/aromatic N) is 1. The maximum Gasteiger partial charge on any atom is 0.0254 e. The van der Waals surface area contributed by atoms with Crippen LogP contribution in [0.25, 0.3) is 0 Å². The molecule has 1 N–H and O–H groups in total. The molecule has 0 saturated heterocycles. The molecule has 0 aliphatic heterocycles. The SMILES string of the molecule is CNC1CCC(C)(C)CC1N(C)C1CC1. The van der Waals surface area contributed by atoms with Crippen LogP contribution in [0.4, 0.5) is 0 Å². The first-order valence-corrected chi connectivity index (χ1v) is 6.43. The molecule has 2 atom stereocenters. The van der Waals surface area contributed by atoms with Crippen molar-refractivity contribution < 1.29 is 0 Å². The Kier molecular flexibility index (Phi) is 3.09. The van der Waals surface area contributed by atoms with Crippen molar-refractivity contribution in [1.29, 1.82) is 0 Å². The molecule has 2 aliphatic carbocycles. The Morgan fingerprint density at radius 3 is 2.40 bits per heavy atom. The van der Waals surface area contributed by atoms with Gasteiger partial charge in [0, 0.05) is 18.1 Å². The molecule has 0 aromatic heterocycles. The minimum absolute atomic E-state index is 0.543. The second kappa shape index (κ2) is 4.06. The Labute approximate surface area is 94.4 Å². The van der Waals surface area contributed by atoms with Gasteiger partial charge in [0.15, 0.2) is 0 Å². The van der Waals surface area contributed by atoms with E-state index in [1.165, 1.54) is 32.1 Å². The van der Waals surface area contributed by atoms with Gasteiger partial charge in [-0.1, -0.05) is 13.8 Å². The molecule has 88 valence electrons.